The molecule has 0 unspecified atom stereocenters. The van der Waals surface area contributed by atoms with Gasteiger partial charge in [0.25, 0.3) is 0 Å². The van der Waals surface area contributed by atoms with E-state index in [1.54, 1.807) is 0 Å². The van der Waals surface area contributed by atoms with Crippen LogP contribution in [0.2, 0.25) is 0 Å². The number of para-hydroxylation sites is 2. The quantitative estimate of drug-likeness (QED) is 0.673. The SMILES string of the molecule is C=Cn1c(=O)[nH]c2ccccc21. The summed E-state index contributed by atoms with van der Waals surface area (Å²) in [6.45, 7) is 3.56. The number of benzene rings is 1. The van der Waals surface area contributed by atoms with Gasteiger partial charge in [0.05, 0.1) is 11.0 Å². The lowest BCUT2D eigenvalue weighted by atomic mass is 10.3. The Balaban J connectivity index is 3.00. The van der Waals surface area contributed by atoms with E-state index in [0.29, 0.717) is 0 Å². The predicted octanol–water partition coefficient (Wildman–Crippen LogP) is 1.43. The van der Waals surface area contributed by atoms with Crippen molar-refractivity contribution in [1.82, 2.24) is 9.55 Å². The van der Waals surface area contributed by atoms with Crippen molar-refractivity contribution in [1.29, 1.82) is 0 Å². The summed E-state index contributed by atoms with van der Waals surface area (Å²) in [5, 5.41) is 0. The lowest BCUT2D eigenvalue weighted by Gasteiger charge is -1.91. The van der Waals surface area contributed by atoms with Crippen molar-refractivity contribution in [2.45, 2.75) is 0 Å². The van der Waals surface area contributed by atoms with Crippen molar-refractivity contribution in [2.75, 3.05) is 0 Å². The summed E-state index contributed by atoms with van der Waals surface area (Å²) in [5.41, 5.74) is 1.55. The molecule has 1 heterocycles. The van der Waals surface area contributed by atoms with Crippen molar-refractivity contribution in [3.63, 3.8) is 0 Å². The summed E-state index contributed by atoms with van der Waals surface area (Å²) in [7, 11) is 0. The molecule has 0 amide bonds. The third-order valence-electron chi connectivity index (χ3n) is 1.81. The van der Waals surface area contributed by atoms with Crippen molar-refractivity contribution >= 4 is 17.2 Å². The average Bonchev–Trinajstić information content (AvgIpc) is 2.40. The summed E-state index contributed by atoms with van der Waals surface area (Å²) in [4.78, 5) is 13.9. The Bertz CT molecular complexity index is 478. The number of nitrogens with one attached hydrogen (secondary N) is 1. The second kappa shape index (κ2) is 2.37. The highest BCUT2D eigenvalue weighted by atomic mass is 16.1. The van der Waals surface area contributed by atoms with Gasteiger partial charge in [-0.15, -0.1) is 0 Å². The van der Waals surface area contributed by atoms with Crippen LogP contribution in [-0.2, 0) is 0 Å². The van der Waals surface area contributed by atoms with Crippen LogP contribution in [0.25, 0.3) is 17.2 Å². The third-order valence-corrected chi connectivity index (χ3v) is 1.81. The standard InChI is InChI=1S/C9H8N2O/c1-2-11-8-6-4-3-5-7(8)10-9(11)12/h2-6H,1H2,(H,10,12). The van der Waals surface area contributed by atoms with E-state index >= 15 is 0 Å². The molecule has 2 rings (SSSR count). The number of H-pyrrole nitrogens is 1. The maximum atomic E-state index is 11.2. The minimum atomic E-state index is -0.147. The van der Waals surface area contributed by atoms with Crippen LogP contribution >= 0.6 is 0 Å². The molecule has 0 atom stereocenters. The largest absolute Gasteiger partial charge is 0.330 e. The van der Waals surface area contributed by atoms with Crippen LogP contribution < -0.4 is 5.69 Å². The average molecular weight is 160 g/mol. The van der Waals surface area contributed by atoms with E-state index in [0.717, 1.165) is 11.0 Å². The molecule has 2 aromatic rings. The number of aromatic nitrogens is 2. The molecular formula is C9H8N2O. The first kappa shape index (κ1) is 6.91. The Labute approximate surface area is 69.0 Å². The van der Waals surface area contributed by atoms with Gasteiger partial charge in [-0.05, 0) is 12.1 Å². The Morgan fingerprint density at radius 2 is 2.17 bits per heavy atom. The second-order valence-corrected chi connectivity index (χ2v) is 2.50. The lowest BCUT2D eigenvalue weighted by molar-refractivity contribution is 1.08. The molecule has 3 heteroatoms. The summed E-state index contributed by atoms with van der Waals surface area (Å²) in [5.74, 6) is 0. The van der Waals surface area contributed by atoms with E-state index in [1.807, 2.05) is 24.3 Å². The number of aromatic amines is 1. The topological polar surface area (TPSA) is 37.8 Å². The van der Waals surface area contributed by atoms with E-state index < -0.39 is 0 Å². The first-order chi connectivity index (χ1) is 5.83. The molecule has 0 radical (unpaired) electrons. The molecule has 12 heavy (non-hydrogen) atoms. The number of rotatable bonds is 1. The zero-order chi connectivity index (χ0) is 8.55. The Kier molecular flexibility index (Phi) is 1.37. The van der Waals surface area contributed by atoms with E-state index in [1.165, 1.54) is 10.8 Å². The van der Waals surface area contributed by atoms with Gasteiger partial charge in [-0.1, -0.05) is 18.7 Å². The number of hydrogen-bond donors (Lipinski definition) is 1. The van der Waals surface area contributed by atoms with Gasteiger partial charge in [0.1, 0.15) is 0 Å². The van der Waals surface area contributed by atoms with Crippen molar-refractivity contribution in [2.24, 2.45) is 0 Å². The van der Waals surface area contributed by atoms with Crippen LogP contribution in [0.15, 0.2) is 35.6 Å². The molecule has 0 spiro atoms. The van der Waals surface area contributed by atoms with Crippen LogP contribution in [-0.4, -0.2) is 9.55 Å². The molecule has 3 nitrogen and oxygen atoms in total. The molecule has 1 aromatic carbocycles. The number of imidazole rings is 1. The first-order valence-electron chi connectivity index (χ1n) is 3.65. The van der Waals surface area contributed by atoms with E-state index in [2.05, 4.69) is 11.6 Å². The number of nitrogens with zero attached hydrogens (tertiary/aromatic N) is 1. The van der Waals surface area contributed by atoms with Gasteiger partial charge in [0, 0.05) is 6.20 Å². The fourth-order valence-electron chi connectivity index (χ4n) is 1.26. The molecule has 1 aromatic heterocycles. The zero-order valence-corrected chi connectivity index (χ0v) is 6.45. The molecule has 60 valence electrons. The predicted molar refractivity (Wildman–Crippen MR) is 48.9 cm³/mol. The van der Waals surface area contributed by atoms with Gasteiger partial charge in [0.15, 0.2) is 0 Å². The van der Waals surface area contributed by atoms with Gasteiger partial charge in [-0.3, -0.25) is 4.57 Å². The Hall–Kier alpha value is -1.77. The van der Waals surface area contributed by atoms with Crippen molar-refractivity contribution in [3.8, 4) is 0 Å². The molecule has 0 saturated heterocycles. The monoisotopic (exact) mass is 160 g/mol. The maximum absolute atomic E-state index is 11.2. The Morgan fingerprint density at radius 3 is 2.92 bits per heavy atom. The summed E-state index contributed by atoms with van der Waals surface area (Å²) in [6, 6.07) is 7.49. The molecule has 0 aliphatic rings. The number of fused-ring (bicyclic) bond motifs is 1. The maximum Gasteiger partial charge on any atom is 0.330 e. The van der Waals surface area contributed by atoms with E-state index in [-0.39, 0.29) is 5.69 Å². The van der Waals surface area contributed by atoms with Gasteiger partial charge >= 0.3 is 5.69 Å². The Morgan fingerprint density at radius 1 is 1.42 bits per heavy atom. The van der Waals surface area contributed by atoms with Crippen LogP contribution in [0.4, 0.5) is 0 Å². The van der Waals surface area contributed by atoms with Crippen LogP contribution in [0.5, 0.6) is 0 Å². The molecule has 1 N–H and O–H groups in total. The fourth-order valence-corrected chi connectivity index (χ4v) is 1.26. The smallest absolute Gasteiger partial charge is 0.305 e. The van der Waals surface area contributed by atoms with E-state index in [4.69, 9.17) is 0 Å². The highest BCUT2D eigenvalue weighted by molar-refractivity contribution is 5.76. The molecule has 0 aliphatic heterocycles. The molecular weight excluding hydrogens is 152 g/mol. The second-order valence-electron chi connectivity index (χ2n) is 2.50. The van der Waals surface area contributed by atoms with Gasteiger partial charge in [-0.25, -0.2) is 4.79 Å². The number of hydrogen-bond acceptors (Lipinski definition) is 1. The minimum Gasteiger partial charge on any atom is -0.305 e. The van der Waals surface area contributed by atoms with Crippen molar-refractivity contribution in [3.05, 3.63) is 41.3 Å². The highest BCUT2D eigenvalue weighted by Gasteiger charge is 2.00. The normalized spacial score (nSPS) is 10.3. The fraction of sp³-hybridized carbons (Fsp3) is 0. The van der Waals surface area contributed by atoms with Crippen LogP contribution in [0, 0.1) is 0 Å². The highest BCUT2D eigenvalue weighted by Crippen LogP contribution is 2.07. The zero-order valence-electron chi connectivity index (χ0n) is 6.45. The van der Waals surface area contributed by atoms with Crippen molar-refractivity contribution < 1.29 is 0 Å². The van der Waals surface area contributed by atoms with Gasteiger partial charge in [-0.2, -0.15) is 0 Å². The van der Waals surface area contributed by atoms with Crippen LogP contribution in [0.3, 0.4) is 0 Å². The minimum absolute atomic E-state index is 0.147. The molecule has 0 fully saturated rings. The first-order valence-corrected chi connectivity index (χ1v) is 3.65. The summed E-state index contributed by atoms with van der Waals surface area (Å²) in [6.07, 6.45) is 1.50. The van der Waals surface area contributed by atoms with Gasteiger partial charge < -0.3 is 4.98 Å². The van der Waals surface area contributed by atoms with E-state index in [9.17, 15) is 4.79 Å². The third kappa shape index (κ3) is 0.797. The van der Waals surface area contributed by atoms with Gasteiger partial charge in [0.2, 0.25) is 0 Å². The lowest BCUT2D eigenvalue weighted by Crippen LogP contribution is -2.10. The molecule has 0 bridgehead atoms. The summed E-state index contributed by atoms with van der Waals surface area (Å²) < 4.78 is 1.48. The van der Waals surface area contributed by atoms with Crippen LogP contribution in [0.1, 0.15) is 0 Å². The summed E-state index contributed by atoms with van der Waals surface area (Å²) >= 11 is 0. The molecule has 0 aliphatic carbocycles. The molecule has 0 saturated carbocycles.